The van der Waals surface area contributed by atoms with Gasteiger partial charge in [0.05, 0.1) is 5.39 Å². The van der Waals surface area contributed by atoms with Crippen LogP contribution in [0.4, 0.5) is 5.82 Å². The van der Waals surface area contributed by atoms with Crippen molar-refractivity contribution in [2.24, 2.45) is 11.0 Å². The van der Waals surface area contributed by atoms with Crippen LogP contribution >= 0.6 is 11.3 Å². The Balaban J connectivity index is 1.70. The molecule has 0 bridgehead atoms. The predicted octanol–water partition coefficient (Wildman–Crippen LogP) is 4.11. The number of hydrogen-bond acceptors (Lipinski definition) is 6. The summed E-state index contributed by atoms with van der Waals surface area (Å²) in [5.41, 5.74) is 4.53. The van der Waals surface area contributed by atoms with E-state index in [0.29, 0.717) is 5.92 Å². The molecule has 25 heavy (non-hydrogen) atoms. The molecule has 0 aliphatic heterocycles. The van der Waals surface area contributed by atoms with Gasteiger partial charge in [-0.15, -0.1) is 11.3 Å². The Kier molecular flexibility index (Phi) is 5.30. The fourth-order valence-electron chi connectivity index (χ4n) is 2.64. The maximum Gasteiger partial charge on any atom is 0.158 e. The van der Waals surface area contributed by atoms with Crippen LogP contribution < -0.4 is 10.7 Å². The first-order chi connectivity index (χ1) is 12.0. The SMILES string of the molecule is CNCC1=CCC(/C=N/Nc2ncnc3sc(C(C)(C)C)cc23)C=C1. The lowest BCUT2D eigenvalue weighted by molar-refractivity contribution is 0.604. The standard InChI is InChI=1S/C19H25N5S/c1-19(2,3)16-9-15-17(21-12-22-18(15)25-16)24-23-11-14-7-5-13(6-8-14)10-20-4/h5-7,9,11-12,14,20H,8,10H2,1-4H3,(H,21,22,24)/b23-11+. The summed E-state index contributed by atoms with van der Waals surface area (Å²) in [5.74, 6) is 1.08. The first kappa shape index (κ1) is 17.8. The Hall–Kier alpha value is -2.05. The molecule has 2 N–H and O–H groups in total. The van der Waals surface area contributed by atoms with Crippen LogP contribution in [0.25, 0.3) is 10.2 Å². The minimum absolute atomic E-state index is 0.107. The Bertz CT molecular complexity index is 826. The van der Waals surface area contributed by atoms with Gasteiger partial charge >= 0.3 is 0 Å². The van der Waals surface area contributed by atoms with Crippen LogP contribution in [0.1, 0.15) is 32.1 Å². The van der Waals surface area contributed by atoms with Crippen molar-refractivity contribution in [1.82, 2.24) is 15.3 Å². The number of nitrogens with one attached hydrogen (secondary N) is 2. The quantitative estimate of drug-likeness (QED) is 0.626. The van der Waals surface area contributed by atoms with Crippen molar-refractivity contribution < 1.29 is 0 Å². The normalized spacial score (nSPS) is 18.1. The number of aromatic nitrogens is 2. The maximum absolute atomic E-state index is 4.40. The van der Waals surface area contributed by atoms with E-state index in [-0.39, 0.29) is 5.41 Å². The Morgan fingerprint density at radius 1 is 1.36 bits per heavy atom. The highest BCUT2D eigenvalue weighted by Gasteiger charge is 2.18. The van der Waals surface area contributed by atoms with Crippen molar-refractivity contribution in [3.05, 3.63) is 41.1 Å². The molecule has 2 aromatic heterocycles. The molecule has 0 saturated carbocycles. The highest BCUT2D eigenvalue weighted by atomic mass is 32.1. The molecule has 0 fully saturated rings. The largest absolute Gasteiger partial charge is 0.316 e. The van der Waals surface area contributed by atoms with Gasteiger partial charge in [0.2, 0.25) is 0 Å². The molecule has 1 aliphatic carbocycles. The van der Waals surface area contributed by atoms with Gasteiger partial charge in [-0.3, -0.25) is 5.43 Å². The van der Waals surface area contributed by atoms with E-state index in [1.807, 2.05) is 13.3 Å². The lowest BCUT2D eigenvalue weighted by Crippen LogP contribution is -2.12. The Morgan fingerprint density at radius 3 is 2.88 bits per heavy atom. The number of nitrogens with zero attached hydrogens (tertiary/aromatic N) is 3. The monoisotopic (exact) mass is 355 g/mol. The third kappa shape index (κ3) is 4.32. The molecule has 2 heterocycles. The number of hydrazone groups is 1. The molecular weight excluding hydrogens is 330 g/mol. The lowest BCUT2D eigenvalue weighted by atomic mass is 9.94. The van der Waals surface area contributed by atoms with Crippen LogP contribution in [-0.2, 0) is 5.41 Å². The number of anilines is 1. The van der Waals surface area contributed by atoms with Crippen LogP contribution in [0.5, 0.6) is 0 Å². The van der Waals surface area contributed by atoms with Gasteiger partial charge in [-0.1, -0.05) is 39.0 Å². The number of thiophene rings is 1. The van der Waals surface area contributed by atoms with E-state index in [0.717, 1.165) is 29.0 Å². The summed E-state index contributed by atoms with van der Waals surface area (Å²) in [6.07, 6.45) is 11.1. The second kappa shape index (κ2) is 7.45. The first-order valence-corrected chi connectivity index (χ1v) is 9.35. The van der Waals surface area contributed by atoms with Gasteiger partial charge in [0.25, 0.3) is 0 Å². The number of hydrogen-bond donors (Lipinski definition) is 2. The van der Waals surface area contributed by atoms with Gasteiger partial charge in [0.1, 0.15) is 11.2 Å². The number of likely N-dealkylation sites (N-methyl/N-ethyl adjacent to an activating group) is 1. The van der Waals surface area contributed by atoms with Gasteiger partial charge in [-0.25, -0.2) is 9.97 Å². The highest BCUT2D eigenvalue weighted by molar-refractivity contribution is 7.18. The highest BCUT2D eigenvalue weighted by Crippen LogP contribution is 2.35. The van der Waals surface area contributed by atoms with Crippen molar-refractivity contribution in [1.29, 1.82) is 0 Å². The summed E-state index contributed by atoms with van der Waals surface area (Å²) in [7, 11) is 1.96. The Morgan fingerprint density at radius 2 is 2.20 bits per heavy atom. The third-order valence-corrected chi connectivity index (χ3v) is 5.56. The average Bonchev–Trinajstić information content (AvgIpc) is 3.02. The summed E-state index contributed by atoms with van der Waals surface area (Å²) >= 11 is 1.72. The van der Waals surface area contributed by atoms with Crippen LogP contribution in [0.3, 0.4) is 0 Å². The summed E-state index contributed by atoms with van der Waals surface area (Å²) < 4.78 is 0. The van der Waals surface area contributed by atoms with Crippen LogP contribution in [0, 0.1) is 5.92 Å². The fraction of sp³-hybridized carbons (Fsp3) is 0.421. The molecule has 0 amide bonds. The van der Waals surface area contributed by atoms with Crippen LogP contribution in [0.15, 0.2) is 41.3 Å². The molecule has 132 valence electrons. The van der Waals surface area contributed by atoms with E-state index < -0.39 is 0 Å². The third-order valence-electron chi connectivity index (χ3n) is 4.10. The first-order valence-electron chi connectivity index (χ1n) is 8.53. The molecule has 1 unspecified atom stereocenters. The zero-order valence-electron chi connectivity index (χ0n) is 15.2. The van der Waals surface area contributed by atoms with E-state index >= 15 is 0 Å². The van der Waals surface area contributed by atoms with E-state index in [1.54, 1.807) is 17.7 Å². The number of rotatable bonds is 5. The van der Waals surface area contributed by atoms with Gasteiger partial charge in [-0.2, -0.15) is 5.10 Å². The molecule has 0 radical (unpaired) electrons. The van der Waals surface area contributed by atoms with E-state index in [9.17, 15) is 0 Å². The minimum atomic E-state index is 0.107. The molecule has 2 aromatic rings. The summed E-state index contributed by atoms with van der Waals surface area (Å²) in [6, 6.07) is 2.17. The molecule has 3 rings (SSSR count). The van der Waals surface area contributed by atoms with Crippen molar-refractivity contribution in [3.63, 3.8) is 0 Å². The van der Waals surface area contributed by atoms with Crippen molar-refractivity contribution in [2.75, 3.05) is 19.0 Å². The van der Waals surface area contributed by atoms with E-state index in [2.05, 4.69) is 70.9 Å². The van der Waals surface area contributed by atoms with Crippen LogP contribution in [0.2, 0.25) is 0 Å². The molecule has 1 aliphatic rings. The van der Waals surface area contributed by atoms with Gasteiger partial charge < -0.3 is 5.32 Å². The summed E-state index contributed by atoms with van der Waals surface area (Å²) in [4.78, 5) is 11.0. The zero-order chi connectivity index (χ0) is 17.9. The zero-order valence-corrected chi connectivity index (χ0v) is 16.0. The minimum Gasteiger partial charge on any atom is -0.316 e. The molecule has 0 aromatic carbocycles. The van der Waals surface area contributed by atoms with E-state index in [4.69, 9.17) is 0 Å². The summed E-state index contributed by atoms with van der Waals surface area (Å²) in [5, 5.41) is 8.60. The lowest BCUT2D eigenvalue weighted by Gasteiger charge is -2.14. The fourth-order valence-corrected chi connectivity index (χ4v) is 3.69. The number of allylic oxidation sites excluding steroid dienone is 2. The smallest absolute Gasteiger partial charge is 0.158 e. The number of fused-ring (bicyclic) bond motifs is 1. The van der Waals surface area contributed by atoms with Crippen molar-refractivity contribution in [3.8, 4) is 0 Å². The van der Waals surface area contributed by atoms with Crippen molar-refractivity contribution in [2.45, 2.75) is 32.6 Å². The van der Waals surface area contributed by atoms with E-state index in [1.165, 1.54) is 10.5 Å². The molecule has 5 nitrogen and oxygen atoms in total. The summed E-state index contributed by atoms with van der Waals surface area (Å²) in [6.45, 7) is 7.54. The molecular formula is C19H25N5S. The molecule has 6 heteroatoms. The second-order valence-electron chi connectivity index (χ2n) is 7.26. The van der Waals surface area contributed by atoms with Gasteiger partial charge in [-0.05, 0) is 30.5 Å². The second-order valence-corrected chi connectivity index (χ2v) is 8.29. The van der Waals surface area contributed by atoms with Gasteiger partial charge in [0.15, 0.2) is 5.82 Å². The topological polar surface area (TPSA) is 62.2 Å². The van der Waals surface area contributed by atoms with Crippen molar-refractivity contribution >= 4 is 33.6 Å². The molecule has 1 atom stereocenters. The Labute approximate surface area is 153 Å². The van der Waals surface area contributed by atoms with Gasteiger partial charge in [0, 0.05) is 23.6 Å². The average molecular weight is 356 g/mol. The predicted molar refractivity (Wildman–Crippen MR) is 107 cm³/mol. The molecule has 0 saturated heterocycles. The maximum atomic E-state index is 4.40. The molecule has 0 spiro atoms. The van der Waals surface area contributed by atoms with Crippen LogP contribution in [-0.4, -0.2) is 29.8 Å².